The van der Waals surface area contributed by atoms with Gasteiger partial charge in [-0.15, -0.1) is 0 Å². The number of hydrogen-bond acceptors (Lipinski definition) is 5. The standard InChI is InChI=1S/C29H33ClN2O4/c1-34-27-12-6-10-25(18-27)28(36-21-24-9-5-11-26(30)17-24)19-31-13-15-32(16-14-31)29(33)22-35-20-23-7-3-2-4-8-23/h2-12,17-18,28H,13-16,19-22H2,1H3. The molecule has 1 aliphatic rings. The third-order valence-corrected chi connectivity index (χ3v) is 6.53. The van der Waals surface area contributed by atoms with Crippen molar-refractivity contribution in [1.29, 1.82) is 0 Å². The van der Waals surface area contributed by atoms with Crippen molar-refractivity contribution >= 4 is 17.5 Å². The van der Waals surface area contributed by atoms with E-state index in [-0.39, 0.29) is 18.6 Å². The van der Waals surface area contributed by atoms with Gasteiger partial charge in [0.25, 0.3) is 0 Å². The van der Waals surface area contributed by atoms with Gasteiger partial charge in [-0.2, -0.15) is 0 Å². The van der Waals surface area contributed by atoms with Crippen molar-refractivity contribution in [3.05, 3.63) is 101 Å². The fourth-order valence-corrected chi connectivity index (χ4v) is 4.47. The molecule has 0 spiro atoms. The molecule has 1 amide bonds. The molecule has 6 nitrogen and oxygen atoms in total. The van der Waals surface area contributed by atoms with Crippen LogP contribution in [-0.4, -0.2) is 62.1 Å². The van der Waals surface area contributed by atoms with E-state index in [0.717, 1.165) is 42.1 Å². The Morgan fingerprint density at radius 2 is 1.64 bits per heavy atom. The number of carbonyl (C=O) groups is 1. The summed E-state index contributed by atoms with van der Waals surface area (Å²) in [5.41, 5.74) is 3.15. The number of benzene rings is 3. The molecular formula is C29H33ClN2O4. The topological polar surface area (TPSA) is 51.2 Å². The van der Waals surface area contributed by atoms with Crippen molar-refractivity contribution in [3.8, 4) is 5.75 Å². The van der Waals surface area contributed by atoms with E-state index in [1.54, 1.807) is 7.11 Å². The predicted octanol–water partition coefficient (Wildman–Crippen LogP) is 4.97. The largest absolute Gasteiger partial charge is 0.497 e. The molecule has 1 unspecified atom stereocenters. The average Bonchev–Trinajstić information content (AvgIpc) is 2.92. The number of carbonyl (C=O) groups excluding carboxylic acids is 1. The van der Waals surface area contributed by atoms with E-state index in [9.17, 15) is 4.79 Å². The third kappa shape index (κ3) is 7.80. The van der Waals surface area contributed by atoms with E-state index in [1.165, 1.54) is 0 Å². The first kappa shape index (κ1) is 26.2. The molecule has 1 heterocycles. The van der Waals surface area contributed by atoms with Crippen LogP contribution in [0.3, 0.4) is 0 Å². The third-order valence-electron chi connectivity index (χ3n) is 6.29. The van der Waals surface area contributed by atoms with E-state index in [2.05, 4.69) is 11.0 Å². The maximum Gasteiger partial charge on any atom is 0.248 e. The van der Waals surface area contributed by atoms with Gasteiger partial charge in [0.2, 0.25) is 5.91 Å². The monoisotopic (exact) mass is 508 g/mol. The minimum Gasteiger partial charge on any atom is -0.497 e. The van der Waals surface area contributed by atoms with Gasteiger partial charge in [-0.3, -0.25) is 9.69 Å². The number of halogens is 1. The summed E-state index contributed by atoms with van der Waals surface area (Å²) in [7, 11) is 1.67. The van der Waals surface area contributed by atoms with Crippen LogP contribution in [0.4, 0.5) is 0 Å². The second-order valence-electron chi connectivity index (χ2n) is 8.87. The number of amides is 1. The summed E-state index contributed by atoms with van der Waals surface area (Å²) in [5.74, 6) is 0.835. The molecule has 4 rings (SSSR count). The smallest absolute Gasteiger partial charge is 0.248 e. The van der Waals surface area contributed by atoms with Crippen molar-refractivity contribution in [2.45, 2.75) is 19.3 Å². The van der Waals surface area contributed by atoms with Gasteiger partial charge in [0.15, 0.2) is 0 Å². The first-order chi connectivity index (χ1) is 17.6. The van der Waals surface area contributed by atoms with E-state index in [4.69, 9.17) is 25.8 Å². The zero-order chi connectivity index (χ0) is 25.2. The van der Waals surface area contributed by atoms with Crippen molar-refractivity contribution < 1.29 is 19.0 Å². The number of rotatable bonds is 11. The van der Waals surface area contributed by atoms with E-state index < -0.39 is 0 Å². The molecule has 0 saturated carbocycles. The Morgan fingerprint density at radius 1 is 0.889 bits per heavy atom. The lowest BCUT2D eigenvalue weighted by atomic mass is 10.1. The normalized spacial score (nSPS) is 15.0. The number of nitrogens with zero attached hydrogens (tertiary/aromatic N) is 2. The Labute approximate surface area is 218 Å². The Bertz CT molecular complexity index is 1100. The lowest BCUT2D eigenvalue weighted by Crippen LogP contribution is -2.50. The van der Waals surface area contributed by atoms with Crippen LogP contribution in [0.1, 0.15) is 22.8 Å². The van der Waals surface area contributed by atoms with Gasteiger partial charge in [0.1, 0.15) is 12.4 Å². The summed E-state index contributed by atoms with van der Waals surface area (Å²) in [5, 5.41) is 0.697. The van der Waals surface area contributed by atoms with Gasteiger partial charge in [-0.1, -0.05) is 66.2 Å². The Kier molecular flexibility index (Phi) is 9.76. The van der Waals surface area contributed by atoms with Crippen LogP contribution in [0.5, 0.6) is 5.75 Å². The molecule has 36 heavy (non-hydrogen) atoms. The molecule has 7 heteroatoms. The zero-order valence-electron chi connectivity index (χ0n) is 20.6. The highest BCUT2D eigenvalue weighted by atomic mass is 35.5. The van der Waals surface area contributed by atoms with Crippen molar-refractivity contribution in [1.82, 2.24) is 9.80 Å². The van der Waals surface area contributed by atoms with Crippen LogP contribution < -0.4 is 4.74 Å². The molecule has 3 aromatic carbocycles. The van der Waals surface area contributed by atoms with Crippen LogP contribution in [0, 0.1) is 0 Å². The van der Waals surface area contributed by atoms with Crippen LogP contribution in [0.15, 0.2) is 78.9 Å². The Morgan fingerprint density at radius 3 is 2.39 bits per heavy atom. The Hall–Kier alpha value is -2.90. The molecule has 0 aliphatic carbocycles. The summed E-state index contributed by atoms with van der Waals surface area (Å²) >= 11 is 6.15. The minimum atomic E-state index is -0.143. The quantitative estimate of drug-likeness (QED) is 0.366. The number of ether oxygens (including phenoxy) is 3. The highest BCUT2D eigenvalue weighted by molar-refractivity contribution is 6.30. The van der Waals surface area contributed by atoms with Crippen LogP contribution in [0.25, 0.3) is 0 Å². The molecule has 3 aromatic rings. The summed E-state index contributed by atoms with van der Waals surface area (Å²) < 4.78 is 17.5. The minimum absolute atomic E-state index is 0.0344. The van der Waals surface area contributed by atoms with Gasteiger partial charge >= 0.3 is 0 Å². The van der Waals surface area contributed by atoms with Gasteiger partial charge in [-0.05, 0) is 41.0 Å². The van der Waals surface area contributed by atoms with E-state index >= 15 is 0 Å². The van der Waals surface area contributed by atoms with Crippen LogP contribution >= 0.6 is 11.6 Å². The second-order valence-corrected chi connectivity index (χ2v) is 9.30. The molecule has 0 aromatic heterocycles. The molecule has 1 saturated heterocycles. The van der Waals surface area contributed by atoms with Gasteiger partial charge in [0.05, 0.1) is 26.4 Å². The van der Waals surface area contributed by atoms with Crippen molar-refractivity contribution in [2.24, 2.45) is 0 Å². The van der Waals surface area contributed by atoms with Gasteiger partial charge in [0, 0.05) is 37.7 Å². The highest BCUT2D eigenvalue weighted by Gasteiger charge is 2.24. The highest BCUT2D eigenvalue weighted by Crippen LogP contribution is 2.25. The van der Waals surface area contributed by atoms with E-state index in [1.807, 2.05) is 77.7 Å². The summed E-state index contributed by atoms with van der Waals surface area (Å²) in [6.07, 6.45) is -0.143. The molecule has 190 valence electrons. The number of piperazine rings is 1. The lowest BCUT2D eigenvalue weighted by molar-refractivity contribution is -0.138. The first-order valence-corrected chi connectivity index (χ1v) is 12.6. The molecule has 1 fully saturated rings. The molecule has 1 atom stereocenters. The maximum absolute atomic E-state index is 12.6. The van der Waals surface area contributed by atoms with Crippen LogP contribution in [0.2, 0.25) is 5.02 Å². The van der Waals surface area contributed by atoms with Gasteiger partial charge < -0.3 is 19.1 Å². The molecule has 0 N–H and O–H groups in total. The summed E-state index contributed by atoms with van der Waals surface area (Å²) in [6.45, 7) is 4.64. The van der Waals surface area contributed by atoms with Crippen LogP contribution in [-0.2, 0) is 27.5 Å². The average molecular weight is 509 g/mol. The lowest BCUT2D eigenvalue weighted by Gasteiger charge is -2.36. The number of methoxy groups -OCH3 is 1. The Balaban J connectivity index is 1.30. The van der Waals surface area contributed by atoms with E-state index in [0.29, 0.717) is 31.3 Å². The molecule has 0 bridgehead atoms. The summed E-state index contributed by atoms with van der Waals surface area (Å²) in [6, 6.07) is 25.6. The first-order valence-electron chi connectivity index (χ1n) is 12.2. The van der Waals surface area contributed by atoms with Crippen molar-refractivity contribution in [2.75, 3.05) is 46.4 Å². The SMILES string of the molecule is COc1cccc(C(CN2CCN(C(=O)COCc3ccccc3)CC2)OCc2cccc(Cl)c2)c1. The zero-order valence-corrected chi connectivity index (χ0v) is 21.4. The fraction of sp³-hybridized carbons (Fsp3) is 0.345. The fourth-order valence-electron chi connectivity index (χ4n) is 4.26. The molecule has 1 aliphatic heterocycles. The van der Waals surface area contributed by atoms with Crippen molar-refractivity contribution in [3.63, 3.8) is 0 Å². The number of hydrogen-bond donors (Lipinski definition) is 0. The van der Waals surface area contributed by atoms with Gasteiger partial charge in [-0.25, -0.2) is 0 Å². The molecular weight excluding hydrogens is 476 g/mol. The molecule has 0 radical (unpaired) electrons. The second kappa shape index (κ2) is 13.4. The summed E-state index contributed by atoms with van der Waals surface area (Å²) in [4.78, 5) is 16.9. The predicted molar refractivity (Wildman–Crippen MR) is 141 cm³/mol. The maximum atomic E-state index is 12.6.